The van der Waals surface area contributed by atoms with Crippen molar-refractivity contribution in [2.45, 2.75) is 25.8 Å². The summed E-state index contributed by atoms with van der Waals surface area (Å²) < 4.78 is 0. The highest BCUT2D eigenvalue weighted by atomic mass is 32.1. The summed E-state index contributed by atoms with van der Waals surface area (Å²) in [6.07, 6.45) is 5.80. The number of hydrogen-bond donors (Lipinski definition) is 2. The average Bonchev–Trinajstić information content (AvgIpc) is 2.80. The maximum absolute atomic E-state index is 10.4. The standard InChI is InChI=1S/C14H21NO3S/c1-15(9-3-2-4-10-16)11-13-6-5-12(19-13)7-8-14(17)18/h5-8,16H,2-4,9-11H2,1H3,(H,17,18)/b8-7+. The van der Waals surface area contributed by atoms with E-state index in [0.29, 0.717) is 0 Å². The number of thiophene rings is 1. The number of carboxylic acids is 1. The van der Waals surface area contributed by atoms with E-state index in [-0.39, 0.29) is 6.61 Å². The van der Waals surface area contributed by atoms with Crippen LogP contribution in [0.1, 0.15) is 29.0 Å². The third-order valence-electron chi connectivity index (χ3n) is 2.70. The van der Waals surface area contributed by atoms with E-state index in [4.69, 9.17) is 10.2 Å². The Morgan fingerprint density at radius 2 is 2.16 bits per heavy atom. The maximum atomic E-state index is 10.4. The molecule has 0 fully saturated rings. The van der Waals surface area contributed by atoms with Crippen LogP contribution in [0.4, 0.5) is 0 Å². The minimum Gasteiger partial charge on any atom is -0.478 e. The molecule has 4 nitrogen and oxygen atoms in total. The van der Waals surface area contributed by atoms with E-state index in [1.807, 2.05) is 12.1 Å². The monoisotopic (exact) mass is 283 g/mol. The zero-order valence-electron chi connectivity index (χ0n) is 11.2. The number of aliphatic carboxylic acids is 1. The molecule has 0 bridgehead atoms. The molecule has 19 heavy (non-hydrogen) atoms. The van der Waals surface area contributed by atoms with Gasteiger partial charge in [0.05, 0.1) is 0 Å². The van der Waals surface area contributed by atoms with E-state index < -0.39 is 5.97 Å². The van der Waals surface area contributed by atoms with E-state index in [2.05, 4.69) is 11.9 Å². The van der Waals surface area contributed by atoms with Crippen LogP contribution in [-0.2, 0) is 11.3 Å². The van der Waals surface area contributed by atoms with Crippen molar-refractivity contribution < 1.29 is 15.0 Å². The minimum atomic E-state index is -0.920. The van der Waals surface area contributed by atoms with Crippen LogP contribution in [0.25, 0.3) is 6.08 Å². The summed E-state index contributed by atoms with van der Waals surface area (Å²) in [7, 11) is 2.07. The second-order valence-electron chi connectivity index (χ2n) is 4.50. The minimum absolute atomic E-state index is 0.272. The molecule has 5 heteroatoms. The van der Waals surface area contributed by atoms with Crippen LogP contribution in [0, 0.1) is 0 Å². The predicted octanol–water partition coefficient (Wildman–Crippen LogP) is 2.44. The number of nitrogens with zero attached hydrogens (tertiary/aromatic N) is 1. The normalized spacial score (nSPS) is 11.5. The van der Waals surface area contributed by atoms with Gasteiger partial charge >= 0.3 is 5.97 Å². The Labute approximate surface area is 118 Å². The van der Waals surface area contributed by atoms with Crippen LogP contribution in [0.5, 0.6) is 0 Å². The third kappa shape index (κ3) is 7.10. The molecule has 1 aromatic heterocycles. The van der Waals surface area contributed by atoms with Gasteiger partial charge in [0.15, 0.2) is 0 Å². The van der Waals surface area contributed by atoms with Crippen LogP contribution < -0.4 is 0 Å². The van der Waals surface area contributed by atoms with E-state index in [1.165, 1.54) is 4.88 Å². The van der Waals surface area contributed by atoms with Crippen molar-refractivity contribution in [2.75, 3.05) is 20.2 Å². The summed E-state index contributed by atoms with van der Waals surface area (Å²) in [6.45, 7) is 2.16. The molecule has 106 valence electrons. The Morgan fingerprint density at radius 3 is 2.84 bits per heavy atom. The summed E-state index contributed by atoms with van der Waals surface area (Å²) in [5.74, 6) is -0.920. The highest BCUT2D eigenvalue weighted by Crippen LogP contribution is 2.19. The Morgan fingerprint density at radius 1 is 1.37 bits per heavy atom. The van der Waals surface area contributed by atoms with Crippen molar-refractivity contribution in [3.8, 4) is 0 Å². The summed E-state index contributed by atoms with van der Waals surface area (Å²) in [5, 5.41) is 17.3. The highest BCUT2D eigenvalue weighted by Gasteiger charge is 2.03. The number of carboxylic acid groups (broad SMARTS) is 1. The number of aliphatic hydroxyl groups is 1. The van der Waals surface area contributed by atoms with Crippen LogP contribution >= 0.6 is 11.3 Å². The molecular weight excluding hydrogens is 262 g/mol. The van der Waals surface area contributed by atoms with E-state index in [1.54, 1.807) is 17.4 Å². The molecule has 0 atom stereocenters. The Bertz CT molecular complexity index is 415. The second-order valence-corrected chi connectivity index (χ2v) is 5.70. The van der Waals surface area contributed by atoms with Crippen molar-refractivity contribution >= 4 is 23.4 Å². The number of carbonyl (C=O) groups is 1. The maximum Gasteiger partial charge on any atom is 0.328 e. The van der Waals surface area contributed by atoms with Crippen molar-refractivity contribution in [1.29, 1.82) is 0 Å². The number of hydrogen-bond acceptors (Lipinski definition) is 4. The van der Waals surface area contributed by atoms with Gasteiger partial charge < -0.3 is 15.1 Å². The van der Waals surface area contributed by atoms with Gasteiger partial charge in [-0.3, -0.25) is 0 Å². The van der Waals surface area contributed by atoms with Crippen molar-refractivity contribution in [2.24, 2.45) is 0 Å². The van der Waals surface area contributed by atoms with Crippen molar-refractivity contribution in [3.63, 3.8) is 0 Å². The lowest BCUT2D eigenvalue weighted by molar-refractivity contribution is -0.131. The fourth-order valence-electron chi connectivity index (χ4n) is 1.74. The quantitative estimate of drug-likeness (QED) is 0.540. The first-order chi connectivity index (χ1) is 9.11. The number of rotatable bonds is 9. The molecule has 0 radical (unpaired) electrons. The fraction of sp³-hybridized carbons (Fsp3) is 0.500. The summed E-state index contributed by atoms with van der Waals surface area (Å²) in [6, 6.07) is 3.98. The van der Waals surface area contributed by atoms with E-state index in [0.717, 1.165) is 43.3 Å². The van der Waals surface area contributed by atoms with Crippen molar-refractivity contribution in [1.82, 2.24) is 4.90 Å². The lowest BCUT2D eigenvalue weighted by atomic mass is 10.2. The average molecular weight is 283 g/mol. The lowest BCUT2D eigenvalue weighted by Crippen LogP contribution is -2.18. The molecule has 1 rings (SSSR count). The molecule has 1 aromatic rings. The van der Waals surface area contributed by atoms with Gasteiger partial charge in [-0.15, -0.1) is 11.3 Å². The zero-order chi connectivity index (χ0) is 14.1. The van der Waals surface area contributed by atoms with Gasteiger partial charge in [-0.05, 0) is 51.1 Å². The molecule has 2 N–H and O–H groups in total. The van der Waals surface area contributed by atoms with Gasteiger partial charge in [0.2, 0.25) is 0 Å². The third-order valence-corrected chi connectivity index (χ3v) is 3.73. The number of unbranched alkanes of at least 4 members (excludes halogenated alkanes) is 2. The first kappa shape index (κ1) is 15.9. The molecular formula is C14H21NO3S. The molecule has 0 spiro atoms. The molecule has 0 saturated carbocycles. The van der Waals surface area contributed by atoms with Gasteiger partial charge in [-0.2, -0.15) is 0 Å². The van der Waals surface area contributed by atoms with Crippen LogP contribution in [0.3, 0.4) is 0 Å². The molecule has 0 saturated heterocycles. The van der Waals surface area contributed by atoms with Gasteiger partial charge in [0.25, 0.3) is 0 Å². The summed E-state index contributed by atoms with van der Waals surface area (Å²) >= 11 is 1.62. The van der Waals surface area contributed by atoms with Crippen LogP contribution in [-0.4, -0.2) is 41.3 Å². The smallest absolute Gasteiger partial charge is 0.328 e. The molecule has 0 unspecified atom stereocenters. The molecule has 0 aliphatic rings. The molecule has 0 amide bonds. The fourth-order valence-corrected chi connectivity index (χ4v) is 2.73. The Balaban J connectivity index is 2.34. The Hall–Kier alpha value is -1.17. The largest absolute Gasteiger partial charge is 0.478 e. The summed E-state index contributed by atoms with van der Waals surface area (Å²) in [4.78, 5) is 14.9. The van der Waals surface area contributed by atoms with E-state index >= 15 is 0 Å². The zero-order valence-corrected chi connectivity index (χ0v) is 12.0. The topological polar surface area (TPSA) is 60.8 Å². The van der Waals surface area contributed by atoms with Gasteiger partial charge in [-0.25, -0.2) is 4.79 Å². The SMILES string of the molecule is CN(CCCCCO)Cc1ccc(/C=C/C(=O)O)s1. The van der Waals surface area contributed by atoms with Gasteiger partial charge in [-0.1, -0.05) is 0 Å². The van der Waals surface area contributed by atoms with E-state index in [9.17, 15) is 4.79 Å². The highest BCUT2D eigenvalue weighted by molar-refractivity contribution is 7.12. The van der Waals surface area contributed by atoms with Crippen LogP contribution in [0.15, 0.2) is 18.2 Å². The van der Waals surface area contributed by atoms with Gasteiger partial charge in [0.1, 0.15) is 0 Å². The molecule has 0 aliphatic carbocycles. The second kappa shape index (κ2) is 8.85. The van der Waals surface area contributed by atoms with Crippen molar-refractivity contribution in [3.05, 3.63) is 28.0 Å². The molecule has 1 heterocycles. The van der Waals surface area contributed by atoms with Crippen LogP contribution in [0.2, 0.25) is 0 Å². The first-order valence-corrected chi connectivity index (χ1v) is 7.22. The number of aliphatic hydroxyl groups excluding tert-OH is 1. The van der Waals surface area contributed by atoms with Gasteiger partial charge in [0, 0.05) is 29.0 Å². The predicted molar refractivity (Wildman–Crippen MR) is 78.3 cm³/mol. The lowest BCUT2D eigenvalue weighted by Gasteiger charge is -2.14. The molecule has 0 aliphatic heterocycles. The Kier molecular flexibility index (Phi) is 7.40. The molecule has 0 aromatic carbocycles. The first-order valence-electron chi connectivity index (χ1n) is 6.41. The summed E-state index contributed by atoms with van der Waals surface area (Å²) in [5.41, 5.74) is 0.